The molecule has 0 aliphatic rings. The van der Waals surface area contributed by atoms with Crippen LogP contribution >= 0.6 is 35.0 Å². The van der Waals surface area contributed by atoms with E-state index in [1.807, 2.05) is 18.8 Å². The molecule has 1 aromatic rings. The lowest BCUT2D eigenvalue weighted by atomic mass is 10.4. The standard InChI is InChI=1S/C9H15Cl2N3S/c1-14-7(8(10)13-9(14)11)6-12-4-3-5-15-2/h12H,3-6H2,1-2H3. The maximum absolute atomic E-state index is 5.93. The zero-order chi connectivity index (χ0) is 11.3. The van der Waals surface area contributed by atoms with E-state index in [4.69, 9.17) is 23.2 Å². The predicted octanol–water partition coefficient (Wildman–Crippen LogP) is 2.57. The Kier molecular flexibility index (Phi) is 5.82. The molecule has 1 aromatic heterocycles. The molecule has 1 N–H and O–H groups in total. The van der Waals surface area contributed by atoms with E-state index in [9.17, 15) is 0 Å². The van der Waals surface area contributed by atoms with Crippen molar-refractivity contribution in [1.29, 1.82) is 0 Å². The predicted molar refractivity (Wildman–Crippen MR) is 67.9 cm³/mol. The van der Waals surface area contributed by atoms with Gasteiger partial charge in [0.15, 0.2) is 5.15 Å². The van der Waals surface area contributed by atoms with Gasteiger partial charge in [-0.05, 0) is 36.6 Å². The number of thioether (sulfide) groups is 1. The molecule has 0 saturated carbocycles. The molecule has 0 bridgehead atoms. The smallest absolute Gasteiger partial charge is 0.204 e. The van der Waals surface area contributed by atoms with E-state index in [1.165, 1.54) is 5.75 Å². The Morgan fingerprint density at radius 1 is 1.47 bits per heavy atom. The minimum absolute atomic E-state index is 0.431. The van der Waals surface area contributed by atoms with E-state index in [2.05, 4.69) is 16.6 Å². The van der Waals surface area contributed by atoms with E-state index in [1.54, 1.807) is 4.57 Å². The molecule has 1 heterocycles. The van der Waals surface area contributed by atoms with Crippen molar-refractivity contribution >= 4 is 35.0 Å². The summed E-state index contributed by atoms with van der Waals surface area (Å²) in [5.74, 6) is 1.17. The minimum atomic E-state index is 0.431. The van der Waals surface area contributed by atoms with Gasteiger partial charge in [-0.15, -0.1) is 0 Å². The second kappa shape index (κ2) is 6.63. The second-order valence-corrected chi connectivity index (χ2v) is 4.88. The first kappa shape index (κ1) is 13.2. The average Bonchev–Trinajstić information content (AvgIpc) is 2.44. The third-order valence-electron chi connectivity index (χ3n) is 2.10. The minimum Gasteiger partial charge on any atom is -0.319 e. The van der Waals surface area contributed by atoms with E-state index in [-0.39, 0.29) is 0 Å². The highest BCUT2D eigenvalue weighted by Crippen LogP contribution is 2.18. The summed E-state index contributed by atoms with van der Waals surface area (Å²) in [5, 5.41) is 4.23. The first-order chi connectivity index (χ1) is 7.16. The van der Waals surface area contributed by atoms with Gasteiger partial charge >= 0.3 is 0 Å². The van der Waals surface area contributed by atoms with Gasteiger partial charge in [0.25, 0.3) is 0 Å². The van der Waals surface area contributed by atoms with Crippen LogP contribution < -0.4 is 5.32 Å². The maximum atomic E-state index is 5.93. The van der Waals surface area contributed by atoms with Crippen LogP contribution in [0.1, 0.15) is 12.1 Å². The third kappa shape index (κ3) is 3.87. The van der Waals surface area contributed by atoms with Crippen LogP contribution in [-0.2, 0) is 13.6 Å². The molecule has 0 spiro atoms. The lowest BCUT2D eigenvalue weighted by Crippen LogP contribution is -2.17. The summed E-state index contributed by atoms with van der Waals surface area (Å²) >= 11 is 13.6. The number of nitrogens with one attached hydrogen (secondary N) is 1. The number of aromatic nitrogens is 2. The molecule has 0 aliphatic heterocycles. The van der Waals surface area contributed by atoms with Crippen LogP contribution in [-0.4, -0.2) is 28.1 Å². The molecule has 3 nitrogen and oxygen atoms in total. The summed E-state index contributed by atoms with van der Waals surface area (Å²) in [6.07, 6.45) is 3.27. The fraction of sp³-hybridized carbons (Fsp3) is 0.667. The Bertz CT molecular complexity index is 315. The highest BCUT2D eigenvalue weighted by Gasteiger charge is 2.10. The lowest BCUT2D eigenvalue weighted by molar-refractivity contribution is 0.647. The molecular formula is C9H15Cl2N3S. The Morgan fingerprint density at radius 2 is 2.20 bits per heavy atom. The van der Waals surface area contributed by atoms with Crippen LogP contribution in [0.3, 0.4) is 0 Å². The van der Waals surface area contributed by atoms with Crippen molar-refractivity contribution in [2.45, 2.75) is 13.0 Å². The maximum Gasteiger partial charge on any atom is 0.204 e. The first-order valence-corrected chi connectivity index (χ1v) is 6.88. The number of nitrogens with zero attached hydrogens (tertiary/aromatic N) is 2. The quantitative estimate of drug-likeness (QED) is 0.804. The number of rotatable bonds is 6. The Hall–Kier alpha value is 0.1000. The average molecular weight is 268 g/mol. The van der Waals surface area contributed by atoms with E-state index in [0.29, 0.717) is 17.0 Å². The molecule has 0 saturated heterocycles. The largest absolute Gasteiger partial charge is 0.319 e. The van der Waals surface area contributed by atoms with Crippen molar-refractivity contribution in [3.05, 3.63) is 16.1 Å². The molecule has 86 valence electrons. The molecular weight excluding hydrogens is 253 g/mol. The number of imidazole rings is 1. The molecule has 6 heteroatoms. The van der Waals surface area contributed by atoms with Gasteiger partial charge in [0, 0.05) is 13.6 Å². The summed E-state index contributed by atoms with van der Waals surface area (Å²) in [5.41, 5.74) is 0.936. The molecule has 0 aliphatic carbocycles. The summed E-state index contributed by atoms with van der Waals surface area (Å²) in [7, 11) is 1.86. The van der Waals surface area contributed by atoms with Crippen molar-refractivity contribution in [1.82, 2.24) is 14.9 Å². The zero-order valence-electron chi connectivity index (χ0n) is 8.89. The van der Waals surface area contributed by atoms with Crippen molar-refractivity contribution in [2.75, 3.05) is 18.6 Å². The Labute approximate surface area is 105 Å². The van der Waals surface area contributed by atoms with Crippen molar-refractivity contribution in [3.8, 4) is 0 Å². The topological polar surface area (TPSA) is 29.9 Å². The Morgan fingerprint density at radius 3 is 2.73 bits per heavy atom. The van der Waals surface area contributed by atoms with Crippen molar-refractivity contribution in [2.24, 2.45) is 7.05 Å². The highest BCUT2D eigenvalue weighted by molar-refractivity contribution is 7.98. The molecule has 0 unspecified atom stereocenters. The summed E-state index contributed by atoms with van der Waals surface area (Å²) in [4.78, 5) is 3.98. The van der Waals surface area contributed by atoms with Crippen molar-refractivity contribution < 1.29 is 0 Å². The molecule has 0 aromatic carbocycles. The van der Waals surface area contributed by atoms with Gasteiger partial charge in [0.05, 0.1) is 5.69 Å². The fourth-order valence-electron chi connectivity index (χ4n) is 1.21. The SMILES string of the molecule is CSCCCNCc1c(Cl)nc(Cl)n1C. The summed E-state index contributed by atoms with van der Waals surface area (Å²) in [6.45, 7) is 1.70. The van der Waals surface area contributed by atoms with E-state index >= 15 is 0 Å². The zero-order valence-corrected chi connectivity index (χ0v) is 11.2. The van der Waals surface area contributed by atoms with Crippen LogP contribution in [0, 0.1) is 0 Å². The number of hydrogen-bond acceptors (Lipinski definition) is 3. The second-order valence-electron chi connectivity index (χ2n) is 3.20. The van der Waals surface area contributed by atoms with Gasteiger partial charge in [-0.1, -0.05) is 11.6 Å². The van der Waals surface area contributed by atoms with Gasteiger partial charge in [0.1, 0.15) is 0 Å². The summed E-state index contributed by atoms with van der Waals surface area (Å²) < 4.78 is 1.80. The number of hydrogen-bond donors (Lipinski definition) is 1. The van der Waals surface area contributed by atoms with Crippen molar-refractivity contribution in [3.63, 3.8) is 0 Å². The highest BCUT2D eigenvalue weighted by atomic mass is 35.5. The van der Waals surface area contributed by atoms with Gasteiger partial charge in [-0.2, -0.15) is 11.8 Å². The van der Waals surface area contributed by atoms with E-state index in [0.717, 1.165) is 18.7 Å². The van der Waals surface area contributed by atoms with Gasteiger partial charge in [0.2, 0.25) is 5.28 Å². The molecule has 0 radical (unpaired) electrons. The molecule has 0 atom stereocenters. The molecule has 1 rings (SSSR count). The lowest BCUT2D eigenvalue weighted by Gasteiger charge is -2.05. The third-order valence-corrected chi connectivity index (χ3v) is 3.44. The van der Waals surface area contributed by atoms with Crippen LogP contribution in [0.5, 0.6) is 0 Å². The van der Waals surface area contributed by atoms with E-state index < -0.39 is 0 Å². The normalized spacial score (nSPS) is 10.9. The van der Waals surface area contributed by atoms with Crippen LogP contribution in [0.15, 0.2) is 0 Å². The monoisotopic (exact) mass is 267 g/mol. The first-order valence-electron chi connectivity index (χ1n) is 4.73. The number of halogens is 2. The summed E-state index contributed by atoms with van der Waals surface area (Å²) in [6, 6.07) is 0. The van der Waals surface area contributed by atoms with Gasteiger partial charge in [-0.25, -0.2) is 4.98 Å². The van der Waals surface area contributed by atoms with Crippen LogP contribution in [0.2, 0.25) is 10.4 Å². The van der Waals surface area contributed by atoms with Gasteiger partial charge in [-0.3, -0.25) is 0 Å². The Balaban J connectivity index is 2.37. The van der Waals surface area contributed by atoms with Crippen LogP contribution in [0.25, 0.3) is 0 Å². The van der Waals surface area contributed by atoms with Crippen LogP contribution in [0.4, 0.5) is 0 Å². The molecule has 0 fully saturated rings. The molecule has 0 amide bonds. The van der Waals surface area contributed by atoms with Gasteiger partial charge < -0.3 is 9.88 Å². The molecule has 15 heavy (non-hydrogen) atoms. The fourth-order valence-corrected chi connectivity index (χ4v) is 2.15.